The standard InChI is InChI=1S/C22H27N3O3/c1-28-20-9-7-17(8-10-20)15-19(16-23)22(27)25-13-11-24(12-14-25)21(26)18-5-3-2-4-6-18/h7-10,15,18H,2-6,11-14H2,1H3/b19-15+. The Morgan fingerprint density at radius 2 is 1.64 bits per heavy atom. The lowest BCUT2D eigenvalue weighted by atomic mass is 9.88. The zero-order valence-corrected chi connectivity index (χ0v) is 16.4. The van der Waals surface area contributed by atoms with E-state index in [0.717, 1.165) is 37.0 Å². The molecule has 1 aliphatic heterocycles. The van der Waals surface area contributed by atoms with Gasteiger partial charge in [-0.2, -0.15) is 5.26 Å². The molecule has 0 N–H and O–H groups in total. The minimum Gasteiger partial charge on any atom is -0.497 e. The monoisotopic (exact) mass is 381 g/mol. The Balaban J connectivity index is 1.59. The number of carbonyl (C=O) groups excluding carboxylic acids is 2. The van der Waals surface area contributed by atoms with E-state index >= 15 is 0 Å². The number of hydrogen-bond donors (Lipinski definition) is 0. The summed E-state index contributed by atoms with van der Waals surface area (Å²) >= 11 is 0. The highest BCUT2D eigenvalue weighted by atomic mass is 16.5. The molecule has 2 amide bonds. The van der Waals surface area contributed by atoms with Gasteiger partial charge in [-0.1, -0.05) is 31.4 Å². The molecule has 6 heteroatoms. The van der Waals surface area contributed by atoms with Crippen molar-refractivity contribution < 1.29 is 14.3 Å². The predicted octanol–water partition coefficient (Wildman–Crippen LogP) is 2.85. The van der Waals surface area contributed by atoms with Crippen LogP contribution < -0.4 is 4.74 Å². The van der Waals surface area contributed by atoms with Crippen LogP contribution in [0.3, 0.4) is 0 Å². The number of ether oxygens (including phenoxy) is 1. The molecular formula is C22H27N3O3. The molecule has 1 saturated carbocycles. The summed E-state index contributed by atoms with van der Waals surface area (Å²) in [6.45, 7) is 2.03. The Kier molecular flexibility index (Phi) is 6.70. The third-order valence-electron chi connectivity index (χ3n) is 5.61. The van der Waals surface area contributed by atoms with E-state index in [1.807, 2.05) is 23.1 Å². The highest BCUT2D eigenvalue weighted by molar-refractivity contribution is 6.01. The summed E-state index contributed by atoms with van der Waals surface area (Å²) < 4.78 is 5.12. The summed E-state index contributed by atoms with van der Waals surface area (Å²) in [6, 6.07) is 9.22. The van der Waals surface area contributed by atoms with Crippen molar-refractivity contribution in [1.29, 1.82) is 5.26 Å². The smallest absolute Gasteiger partial charge is 0.264 e. The van der Waals surface area contributed by atoms with Crippen LogP contribution in [0.4, 0.5) is 0 Å². The number of benzene rings is 1. The molecule has 0 aromatic heterocycles. The molecule has 0 bridgehead atoms. The van der Waals surface area contributed by atoms with Gasteiger partial charge in [0.05, 0.1) is 7.11 Å². The third kappa shape index (κ3) is 4.72. The first-order chi connectivity index (χ1) is 13.6. The largest absolute Gasteiger partial charge is 0.497 e. The van der Waals surface area contributed by atoms with E-state index in [-0.39, 0.29) is 23.3 Å². The Bertz CT molecular complexity index is 765. The van der Waals surface area contributed by atoms with Crippen molar-refractivity contribution in [2.75, 3.05) is 33.3 Å². The Morgan fingerprint density at radius 3 is 2.21 bits per heavy atom. The molecular weight excluding hydrogens is 354 g/mol. The van der Waals surface area contributed by atoms with Gasteiger partial charge in [-0.15, -0.1) is 0 Å². The molecule has 3 rings (SSSR count). The number of carbonyl (C=O) groups is 2. The Hall–Kier alpha value is -2.81. The molecule has 0 atom stereocenters. The number of nitriles is 1. The SMILES string of the molecule is COc1ccc(/C=C(\C#N)C(=O)N2CCN(C(=O)C3CCCCC3)CC2)cc1. The molecule has 28 heavy (non-hydrogen) atoms. The molecule has 2 fully saturated rings. The van der Waals surface area contributed by atoms with Crippen LogP contribution in [0, 0.1) is 17.2 Å². The molecule has 2 aliphatic rings. The number of nitrogens with zero attached hydrogens (tertiary/aromatic N) is 3. The van der Waals surface area contributed by atoms with Gasteiger partial charge in [-0.3, -0.25) is 9.59 Å². The Morgan fingerprint density at radius 1 is 1.04 bits per heavy atom. The molecule has 1 aromatic rings. The van der Waals surface area contributed by atoms with Gasteiger partial charge in [0.15, 0.2) is 0 Å². The second-order valence-corrected chi connectivity index (χ2v) is 7.40. The molecule has 0 spiro atoms. The maximum absolute atomic E-state index is 12.7. The lowest BCUT2D eigenvalue weighted by molar-refractivity contribution is -0.141. The van der Waals surface area contributed by atoms with Gasteiger partial charge < -0.3 is 14.5 Å². The molecule has 1 aromatic carbocycles. The normalized spacial score (nSPS) is 18.5. The van der Waals surface area contributed by atoms with Gasteiger partial charge in [-0.25, -0.2) is 0 Å². The fourth-order valence-corrected chi connectivity index (χ4v) is 3.92. The topological polar surface area (TPSA) is 73.6 Å². The molecule has 6 nitrogen and oxygen atoms in total. The van der Waals surface area contributed by atoms with Crippen molar-refractivity contribution in [3.63, 3.8) is 0 Å². The number of piperazine rings is 1. The van der Waals surface area contributed by atoms with Gasteiger partial charge in [0, 0.05) is 32.1 Å². The minimum atomic E-state index is -0.275. The van der Waals surface area contributed by atoms with Gasteiger partial charge in [0.1, 0.15) is 17.4 Å². The second kappa shape index (κ2) is 9.41. The maximum Gasteiger partial charge on any atom is 0.264 e. The molecule has 0 unspecified atom stereocenters. The van der Waals surface area contributed by atoms with Gasteiger partial charge >= 0.3 is 0 Å². The molecule has 1 heterocycles. The van der Waals surface area contributed by atoms with Gasteiger partial charge in [-0.05, 0) is 36.6 Å². The summed E-state index contributed by atoms with van der Waals surface area (Å²) in [6.07, 6.45) is 7.07. The zero-order chi connectivity index (χ0) is 19.9. The van der Waals surface area contributed by atoms with Crippen LogP contribution >= 0.6 is 0 Å². The van der Waals surface area contributed by atoms with Crippen molar-refractivity contribution in [1.82, 2.24) is 9.80 Å². The summed E-state index contributed by atoms with van der Waals surface area (Å²) in [4.78, 5) is 29.0. The van der Waals surface area contributed by atoms with E-state index in [2.05, 4.69) is 0 Å². The van der Waals surface area contributed by atoms with Crippen LogP contribution in [0.1, 0.15) is 37.7 Å². The van der Waals surface area contributed by atoms with Crippen molar-refractivity contribution in [2.24, 2.45) is 5.92 Å². The van der Waals surface area contributed by atoms with Crippen molar-refractivity contribution in [3.05, 3.63) is 35.4 Å². The first kappa shape index (κ1) is 19.9. The fourth-order valence-electron chi connectivity index (χ4n) is 3.92. The summed E-state index contributed by atoms with van der Waals surface area (Å²) in [7, 11) is 1.59. The Labute approximate surface area is 166 Å². The molecule has 1 saturated heterocycles. The highest BCUT2D eigenvalue weighted by Crippen LogP contribution is 2.26. The lowest BCUT2D eigenvalue weighted by Gasteiger charge is -2.37. The van der Waals surface area contributed by atoms with Crippen molar-refractivity contribution in [3.8, 4) is 11.8 Å². The minimum absolute atomic E-state index is 0.109. The third-order valence-corrected chi connectivity index (χ3v) is 5.61. The first-order valence-electron chi connectivity index (χ1n) is 9.96. The summed E-state index contributed by atoms with van der Waals surface area (Å²) in [5.74, 6) is 0.838. The van der Waals surface area contributed by atoms with E-state index in [4.69, 9.17) is 4.74 Å². The van der Waals surface area contributed by atoms with Crippen LogP contribution in [0.25, 0.3) is 6.08 Å². The molecule has 1 aliphatic carbocycles. The second-order valence-electron chi connectivity index (χ2n) is 7.40. The number of methoxy groups -OCH3 is 1. The fraction of sp³-hybridized carbons (Fsp3) is 0.500. The molecule has 148 valence electrons. The van der Waals surface area contributed by atoms with Gasteiger partial charge in [0.2, 0.25) is 5.91 Å². The quantitative estimate of drug-likeness (QED) is 0.594. The van der Waals surface area contributed by atoms with Crippen LogP contribution in [-0.2, 0) is 9.59 Å². The number of rotatable bonds is 4. The van der Waals surface area contributed by atoms with Crippen LogP contribution in [0.15, 0.2) is 29.8 Å². The average Bonchev–Trinajstić information content (AvgIpc) is 2.77. The summed E-state index contributed by atoms with van der Waals surface area (Å²) in [5, 5.41) is 9.44. The summed E-state index contributed by atoms with van der Waals surface area (Å²) in [5.41, 5.74) is 0.883. The van der Waals surface area contributed by atoms with E-state index in [0.29, 0.717) is 26.2 Å². The maximum atomic E-state index is 12.7. The van der Waals surface area contributed by atoms with E-state index in [9.17, 15) is 14.9 Å². The van der Waals surface area contributed by atoms with Crippen molar-refractivity contribution in [2.45, 2.75) is 32.1 Å². The zero-order valence-electron chi connectivity index (χ0n) is 16.4. The lowest BCUT2D eigenvalue weighted by Crippen LogP contribution is -2.52. The molecule has 0 radical (unpaired) electrons. The van der Waals surface area contributed by atoms with Crippen LogP contribution in [0.2, 0.25) is 0 Å². The predicted molar refractivity (Wildman–Crippen MR) is 106 cm³/mol. The van der Waals surface area contributed by atoms with Crippen molar-refractivity contribution >= 4 is 17.9 Å². The van der Waals surface area contributed by atoms with Crippen LogP contribution in [-0.4, -0.2) is 54.9 Å². The van der Waals surface area contributed by atoms with Crippen LogP contribution in [0.5, 0.6) is 5.75 Å². The van der Waals surface area contributed by atoms with E-state index < -0.39 is 0 Å². The van der Waals surface area contributed by atoms with Gasteiger partial charge in [0.25, 0.3) is 5.91 Å². The number of hydrogen-bond acceptors (Lipinski definition) is 4. The first-order valence-corrected chi connectivity index (χ1v) is 9.96. The highest BCUT2D eigenvalue weighted by Gasteiger charge is 2.30. The van der Waals surface area contributed by atoms with E-state index in [1.54, 1.807) is 30.2 Å². The average molecular weight is 381 g/mol. The number of amides is 2. The van der Waals surface area contributed by atoms with E-state index in [1.165, 1.54) is 6.42 Å².